The third kappa shape index (κ3) is 9.13. The van der Waals surface area contributed by atoms with Crippen molar-refractivity contribution in [1.82, 2.24) is 35.8 Å². The Morgan fingerprint density at radius 1 is 1.03 bits per heavy atom. The monoisotopic (exact) mass is 878 g/mol. The highest BCUT2D eigenvalue weighted by Crippen LogP contribution is 2.45. The maximum absolute atomic E-state index is 14.8. The van der Waals surface area contributed by atoms with Crippen LogP contribution < -0.4 is 35.7 Å². The topological polar surface area (TPSA) is 210 Å². The number of carbonyl (C=O) groups is 4. The van der Waals surface area contributed by atoms with Gasteiger partial charge in [0.05, 0.1) is 24.9 Å². The number of anilines is 1. The van der Waals surface area contributed by atoms with Crippen LogP contribution in [0.3, 0.4) is 0 Å². The van der Waals surface area contributed by atoms with Crippen molar-refractivity contribution < 1.29 is 37.1 Å². The number of ether oxygens (including phenoxy) is 2. The normalized spacial score (nSPS) is 21.9. The minimum absolute atomic E-state index is 0.00452. The van der Waals surface area contributed by atoms with Gasteiger partial charge in [-0.05, 0) is 62.1 Å². The Hall–Kier alpha value is -5.11. The van der Waals surface area contributed by atoms with Crippen LogP contribution in [0.25, 0.3) is 22.3 Å². The first-order chi connectivity index (χ1) is 28.4. The molecule has 1 aromatic carbocycles. The van der Waals surface area contributed by atoms with E-state index >= 15 is 0 Å². The number of hydrogen-bond acceptors (Lipinski definition) is 13. The van der Waals surface area contributed by atoms with Gasteiger partial charge < -0.3 is 25.0 Å². The average molecular weight is 879 g/mol. The zero-order valence-corrected chi connectivity index (χ0v) is 36.7. The molecule has 2 aliphatic carbocycles. The quantitative estimate of drug-likeness (QED) is 0.0823. The molecule has 1 saturated heterocycles. The summed E-state index contributed by atoms with van der Waals surface area (Å²) in [6.45, 7) is 13.0. The lowest BCUT2D eigenvalue weighted by Gasteiger charge is -2.35. The van der Waals surface area contributed by atoms with Crippen LogP contribution in [-0.2, 0) is 29.2 Å². The van der Waals surface area contributed by atoms with Gasteiger partial charge in [0.1, 0.15) is 45.1 Å². The number of nitrogens with zero attached hydrogens (tertiary/aromatic N) is 3. The SMILES string of the molecule is C=C[C@@H]1C[C@@]1(NC(=O)[C@@H]1C[C@@H](Oc2cc(-c3csc(NC(C)C)n3)nc3cc(OC)ccc23)CN1C(=O)[C@@H](NS(=O)(=O)c1cccs1)C(C)(C)C)C(=O)NNC(=O)C1CC1. The highest BCUT2D eigenvalue weighted by Gasteiger charge is 2.61. The molecule has 4 heterocycles. The highest BCUT2D eigenvalue weighted by atomic mass is 32.2. The van der Waals surface area contributed by atoms with Gasteiger partial charge in [0, 0.05) is 47.2 Å². The maximum Gasteiger partial charge on any atom is 0.264 e. The molecule has 19 heteroatoms. The number of fused-ring (bicyclic) bond motifs is 1. The molecule has 0 spiro atoms. The minimum Gasteiger partial charge on any atom is -0.497 e. The molecule has 0 radical (unpaired) electrons. The van der Waals surface area contributed by atoms with Gasteiger partial charge in [0.25, 0.3) is 15.9 Å². The van der Waals surface area contributed by atoms with Gasteiger partial charge in [-0.15, -0.1) is 29.3 Å². The Bertz CT molecular complexity index is 2410. The summed E-state index contributed by atoms with van der Waals surface area (Å²) in [6, 6.07) is 7.88. The Labute approximate surface area is 356 Å². The fraction of sp³-hybridized carbons (Fsp3) is 0.463. The largest absolute Gasteiger partial charge is 0.497 e. The number of aromatic nitrogens is 2. The Balaban J connectivity index is 1.22. The van der Waals surface area contributed by atoms with E-state index in [1.54, 1.807) is 63.6 Å². The molecule has 1 aliphatic heterocycles. The van der Waals surface area contributed by atoms with E-state index in [-0.39, 0.29) is 41.5 Å². The van der Waals surface area contributed by atoms with Crippen LogP contribution in [0.4, 0.5) is 5.13 Å². The molecule has 0 unspecified atom stereocenters. The average Bonchev–Trinajstić information content (AvgIpc) is 3.94. The standard InChI is InChI=1S/C41H50N8O8S3/c1-8-24-19-41(24,38(53)47-46-35(50)23-11-12-23)45-36(51)31-17-26(20-49(31)37(52)34(40(4,5)6)48-60(54,55)33-10-9-15-58-33)57-32-18-29(30-21-59-39(44-30)42-22(2)3)43-28-16-25(56-7)13-14-27(28)32/h8-10,13-16,18,21-24,26,31,34,48H,1,11-12,17,19-20H2,2-7H3,(H,42,44)(H,45,51)(H,46,50)(H,47,53)/t24-,26-,31+,34-,41+/m1/s1. The number of thiophene rings is 1. The van der Waals surface area contributed by atoms with Crippen molar-refractivity contribution in [3.8, 4) is 22.9 Å². The van der Waals surface area contributed by atoms with Crippen molar-refractivity contribution in [2.45, 2.75) is 94.3 Å². The van der Waals surface area contributed by atoms with Crippen molar-refractivity contribution in [1.29, 1.82) is 0 Å². The first kappa shape index (κ1) is 43.0. The fourth-order valence-electron chi connectivity index (χ4n) is 7.20. The van der Waals surface area contributed by atoms with E-state index < -0.39 is 62.8 Å². The summed E-state index contributed by atoms with van der Waals surface area (Å²) in [4.78, 5) is 66.3. The molecule has 3 aliphatic rings. The summed E-state index contributed by atoms with van der Waals surface area (Å²) in [6.07, 6.45) is 2.48. The molecule has 60 heavy (non-hydrogen) atoms. The Kier molecular flexibility index (Phi) is 12.0. The number of rotatable bonds is 15. The zero-order chi connectivity index (χ0) is 43.1. The lowest BCUT2D eigenvalue weighted by atomic mass is 9.86. The second kappa shape index (κ2) is 16.7. The van der Waals surface area contributed by atoms with Crippen molar-refractivity contribution in [2.75, 3.05) is 19.0 Å². The van der Waals surface area contributed by atoms with Gasteiger partial charge in [-0.25, -0.2) is 18.4 Å². The molecule has 4 amide bonds. The number of nitrogens with one attached hydrogen (secondary N) is 5. The Morgan fingerprint density at radius 3 is 2.43 bits per heavy atom. The second-order valence-electron chi connectivity index (χ2n) is 16.8. The zero-order valence-electron chi connectivity index (χ0n) is 34.2. The summed E-state index contributed by atoms with van der Waals surface area (Å²) in [7, 11) is -2.57. The molecule has 0 bridgehead atoms. The van der Waals surface area contributed by atoms with Crippen LogP contribution in [0.1, 0.15) is 60.3 Å². The molecule has 3 aromatic heterocycles. The van der Waals surface area contributed by atoms with E-state index in [1.807, 2.05) is 25.3 Å². The number of pyridine rings is 1. The summed E-state index contributed by atoms with van der Waals surface area (Å²) in [5, 5.41) is 11.1. The van der Waals surface area contributed by atoms with E-state index in [2.05, 4.69) is 32.8 Å². The number of benzene rings is 1. The molecule has 3 fully saturated rings. The smallest absolute Gasteiger partial charge is 0.264 e. The molecular formula is C41H50N8O8S3. The van der Waals surface area contributed by atoms with Crippen LogP contribution in [0.5, 0.6) is 11.5 Å². The van der Waals surface area contributed by atoms with Crippen LogP contribution in [0.2, 0.25) is 0 Å². The Morgan fingerprint density at radius 2 is 1.80 bits per heavy atom. The third-order valence-electron chi connectivity index (χ3n) is 10.7. The van der Waals surface area contributed by atoms with Crippen LogP contribution in [-0.4, -0.2) is 90.3 Å². The number of likely N-dealkylation sites (tertiary alicyclic amines) is 1. The first-order valence-corrected chi connectivity index (χ1v) is 23.0. The summed E-state index contributed by atoms with van der Waals surface area (Å²) < 4.78 is 42.0. The number of methoxy groups -OCH3 is 1. The van der Waals surface area contributed by atoms with Gasteiger partial charge >= 0.3 is 0 Å². The summed E-state index contributed by atoms with van der Waals surface area (Å²) in [5.74, 6) is -1.82. The second-order valence-corrected chi connectivity index (χ2v) is 20.5. The maximum atomic E-state index is 14.8. The van der Waals surface area contributed by atoms with E-state index in [0.717, 1.165) is 29.3 Å². The number of amides is 4. The van der Waals surface area contributed by atoms with E-state index in [0.29, 0.717) is 33.8 Å². The predicted molar refractivity (Wildman–Crippen MR) is 229 cm³/mol. The van der Waals surface area contributed by atoms with Gasteiger partial charge in [0.2, 0.25) is 17.7 Å². The number of thiazole rings is 1. The van der Waals surface area contributed by atoms with E-state index in [9.17, 15) is 27.6 Å². The molecule has 7 rings (SSSR count). The lowest BCUT2D eigenvalue weighted by Crippen LogP contribution is -2.60. The molecule has 4 aromatic rings. The highest BCUT2D eigenvalue weighted by molar-refractivity contribution is 7.91. The summed E-state index contributed by atoms with van der Waals surface area (Å²) >= 11 is 2.46. The molecule has 2 saturated carbocycles. The van der Waals surface area contributed by atoms with Gasteiger partial charge in [-0.2, -0.15) is 4.72 Å². The molecule has 320 valence electrons. The van der Waals surface area contributed by atoms with Crippen LogP contribution >= 0.6 is 22.7 Å². The molecule has 5 atom stereocenters. The third-order valence-corrected chi connectivity index (χ3v) is 14.3. The van der Waals surface area contributed by atoms with E-state index in [1.165, 1.54) is 22.3 Å². The summed E-state index contributed by atoms with van der Waals surface area (Å²) in [5.41, 5.74) is 4.26. The van der Waals surface area contributed by atoms with Crippen LogP contribution in [0, 0.1) is 17.3 Å². The molecular weight excluding hydrogens is 829 g/mol. The molecule has 16 nitrogen and oxygen atoms in total. The van der Waals surface area contributed by atoms with Crippen molar-refractivity contribution in [3.05, 3.63) is 59.8 Å². The number of hydrazine groups is 1. The van der Waals surface area contributed by atoms with Crippen molar-refractivity contribution in [2.24, 2.45) is 17.3 Å². The molecule has 5 N–H and O–H groups in total. The number of hydrogen-bond donors (Lipinski definition) is 5. The first-order valence-electron chi connectivity index (χ1n) is 19.7. The van der Waals surface area contributed by atoms with Gasteiger partial charge in [0.15, 0.2) is 5.13 Å². The predicted octanol–water partition coefficient (Wildman–Crippen LogP) is 4.61. The van der Waals surface area contributed by atoms with E-state index in [4.69, 9.17) is 19.4 Å². The lowest BCUT2D eigenvalue weighted by molar-refractivity contribution is -0.142. The van der Waals surface area contributed by atoms with Crippen molar-refractivity contribution >= 4 is 72.4 Å². The van der Waals surface area contributed by atoms with Gasteiger partial charge in [-0.1, -0.05) is 32.9 Å². The van der Waals surface area contributed by atoms with Crippen LogP contribution in [0.15, 0.2) is 64.0 Å². The van der Waals surface area contributed by atoms with Crippen molar-refractivity contribution in [3.63, 3.8) is 0 Å². The minimum atomic E-state index is -4.13. The fourth-order valence-corrected chi connectivity index (χ4v) is 10.5. The number of carbonyl (C=O) groups excluding carboxylic acids is 4. The van der Waals surface area contributed by atoms with Gasteiger partial charge in [-0.3, -0.25) is 30.0 Å². The number of sulfonamides is 1.